The zero-order chi connectivity index (χ0) is 12.8. The molecular weight excluding hydrogens is 216 g/mol. The second kappa shape index (κ2) is 6.47. The van der Waals surface area contributed by atoms with Crippen LogP contribution in [0.4, 0.5) is 5.69 Å². The molecule has 0 fully saturated rings. The SMILES string of the molecule is Cc1ccc(N)cc1OCC(O)CNC(C)C. The maximum atomic E-state index is 9.70. The lowest BCUT2D eigenvalue weighted by Crippen LogP contribution is -2.35. The molecule has 0 heterocycles. The summed E-state index contributed by atoms with van der Waals surface area (Å²) in [5.74, 6) is 0.730. The van der Waals surface area contributed by atoms with Crippen molar-refractivity contribution in [3.8, 4) is 5.75 Å². The van der Waals surface area contributed by atoms with Crippen LogP contribution in [0.1, 0.15) is 19.4 Å². The van der Waals surface area contributed by atoms with Gasteiger partial charge in [0.05, 0.1) is 0 Å². The molecule has 0 aliphatic carbocycles. The van der Waals surface area contributed by atoms with Gasteiger partial charge in [-0.25, -0.2) is 0 Å². The van der Waals surface area contributed by atoms with E-state index in [0.29, 0.717) is 18.3 Å². The minimum Gasteiger partial charge on any atom is -0.490 e. The molecule has 4 N–H and O–H groups in total. The second-order valence-electron chi connectivity index (χ2n) is 4.55. The molecule has 17 heavy (non-hydrogen) atoms. The number of ether oxygens (including phenoxy) is 1. The van der Waals surface area contributed by atoms with Gasteiger partial charge >= 0.3 is 0 Å². The van der Waals surface area contributed by atoms with E-state index in [1.807, 2.05) is 32.9 Å². The second-order valence-corrected chi connectivity index (χ2v) is 4.55. The Labute approximate surface area is 103 Å². The van der Waals surface area contributed by atoms with Gasteiger partial charge in [0.15, 0.2) is 0 Å². The highest BCUT2D eigenvalue weighted by molar-refractivity contribution is 5.47. The molecule has 1 aromatic carbocycles. The third-order valence-corrected chi connectivity index (χ3v) is 2.41. The van der Waals surface area contributed by atoms with Gasteiger partial charge in [-0.05, 0) is 18.6 Å². The highest BCUT2D eigenvalue weighted by atomic mass is 16.5. The Hall–Kier alpha value is -1.26. The molecule has 4 nitrogen and oxygen atoms in total. The number of hydrogen-bond acceptors (Lipinski definition) is 4. The van der Waals surface area contributed by atoms with Gasteiger partial charge in [-0.1, -0.05) is 19.9 Å². The normalized spacial score (nSPS) is 12.8. The van der Waals surface area contributed by atoms with Crippen molar-refractivity contribution >= 4 is 5.69 Å². The van der Waals surface area contributed by atoms with Crippen molar-refractivity contribution < 1.29 is 9.84 Å². The topological polar surface area (TPSA) is 67.5 Å². The Bertz CT molecular complexity index is 353. The average Bonchev–Trinajstić information content (AvgIpc) is 2.27. The van der Waals surface area contributed by atoms with Crippen LogP contribution in [0.3, 0.4) is 0 Å². The van der Waals surface area contributed by atoms with Crippen molar-refractivity contribution in [3.05, 3.63) is 23.8 Å². The Morgan fingerprint density at radius 3 is 2.76 bits per heavy atom. The van der Waals surface area contributed by atoms with Crippen molar-refractivity contribution in [2.24, 2.45) is 0 Å². The summed E-state index contributed by atoms with van der Waals surface area (Å²) >= 11 is 0. The van der Waals surface area contributed by atoms with Gasteiger partial charge in [-0.3, -0.25) is 0 Å². The first-order valence-corrected chi connectivity index (χ1v) is 5.89. The third-order valence-electron chi connectivity index (χ3n) is 2.41. The van der Waals surface area contributed by atoms with E-state index in [9.17, 15) is 5.11 Å². The first-order chi connectivity index (χ1) is 7.99. The Morgan fingerprint density at radius 1 is 1.41 bits per heavy atom. The van der Waals surface area contributed by atoms with Gasteiger partial charge in [-0.2, -0.15) is 0 Å². The number of nitrogen functional groups attached to an aromatic ring is 1. The van der Waals surface area contributed by atoms with Gasteiger partial charge in [0, 0.05) is 24.3 Å². The number of benzene rings is 1. The van der Waals surface area contributed by atoms with E-state index in [0.717, 1.165) is 11.3 Å². The number of nitrogens with two attached hydrogens (primary N) is 1. The first kappa shape index (κ1) is 13.8. The highest BCUT2D eigenvalue weighted by Gasteiger charge is 2.07. The van der Waals surface area contributed by atoms with Crippen LogP contribution in [0, 0.1) is 6.92 Å². The number of anilines is 1. The van der Waals surface area contributed by atoms with E-state index in [-0.39, 0.29) is 6.61 Å². The van der Waals surface area contributed by atoms with Crippen LogP contribution in [0.15, 0.2) is 18.2 Å². The maximum Gasteiger partial charge on any atom is 0.124 e. The fourth-order valence-corrected chi connectivity index (χ4v) is 1.39. The summed E-state index contributed by atoms with van der Waals surface area (Å²) in [4.78, 5) is 0. The van der Waals surface area contributed by atoms with Gasteiger partial charge in [0.1, 0.15) is 18.5 Å². The molecule has 0 saturated heterocycles. The van der Waals surface area contributed by atoms with Crippen LogP contribution >= 0.6 is 0 Å². The number of nitrogens with one attached hydrogen (secondary N) is 1. The molecule has 0 aliphatic heterocycles. The Morgan fingerprint density at radius 2 is 2.12 bits per heavy atom. The van der Waals surface area contributed by atoms with Gasteiger partial charge < -0.3 is 20.9 Å². The van der Waals surface area contributed by atoms with Crippen LogP contribution in [0.2, 0.25) is 0 Å². The summed E-state index contributed by atoms with van der Waals surface area (Å²) in [6, 6.07) is 5.87. The number of aliphatic hydroxyl groups is 1. The monoisotopic (exact) mass is 238 g/mol. The molecule has 1 atom stereocenters. The van der Waals surface area contributed by atoms with Crippen molar-refractivity contribution in [1.82, 2.24) is 5.32 Å². The molecule has 0 radical (unpaired) electrons. The molecule has 1 rings (SSSR count). The smallest absolute Gasteiger partial charge is 0.124 e. The van der Waals surface area contributed by atoms with E-state index in [4.69, 9.17) is 10.5 Å². The Balaban J connectivity index is 2.41. The Kier molecular flexibility index (Phi) is 5.25. The van der Waals surface area contributed by atoms with Crippen LogP contribution in [-0.2, 0) is 0 Å². The van der Waals surface area contributed by atoms with E-state index in [1.165, 1.54) is 0 Å². The zero-order valence-corrected chi connectivity index (χ0v) is 10.7. The molecule has 0 saturated carbocycles. The van der Waals surface area contributed by atoms with Gasteiger partial charge in [0.2, 0.25) is 0 Å². The predicted octanol–water partition coefficient (Wildman–Crippen LogP) is 1.31. The summed E-state index contributed by atoms with van der Waals surface area (Å²) in [6.45, 7) is 6.82. The van der Waals surface area contributed by atoms with E-state index >= 15 is 0 Å². The van der Waals surface area contributed by atoms with E-state index < -0.39 is 6.10 Å². The lowest BCUT2D eigenvalue weighted by atomic mass is 10.2. The molecule has 0 aromatic heterocycles. The summed E-state index contributed by atoms with van der Waals surface area (Å²) in [5.41, 5.74) is 7.36. The van der Waals surface area contributed by atoms with Crippen molar-refractivity contribution in [1.29, 1.82) is 0 Å². The number of aryl methyl sites for hydroxylation is 1. The summed E-state index contributed by atoms with van der Waals surface area (Å²) in [5, 5.41) is 12.9. The van der Waals surface area contributed by atoms with Crippen molar-refractivity contribution in [2.45, 2.75) is 32.9 Å². The fourth-order valence-electron chi connectivity index (χ4n) is 1.39. The van der Waals surface area contributed by atoms with Crippen molar-refractivity contribution in [2.75, 3.05) is 18.9 Å². The molecule has 0 amide bonds. The largest absolute Gasteiger partial charge is 0.490 e. The summed E-state index contributed by atoms with van der Waals surface area (Å²) < 4.78 is 5.54. The molecule has 1 aromatic rings. The van der Waals surface area contributed by atoms with Gasteiger partial charge in [0.25, 0.3) is 0 Å². The maximum absolute atomic E-state index is 9.70. The van der Waals surface area contributed by atoms with Crippen LogP contribution in [0.5, 0.6) is 5.75 Å². The molecule has 4 heteroatoms. The predicted molar refractivity (Wildman–Crippen MR) is 70.2 cm³/mol. The minimum atomic E-state index is -0.516. The first-order valence-electron chi connectivity index (χ1n) is 5.89. The number of rotatable bonds is 6. The third kappa shape index (κ3) is 5.06. The van der Waals surface area contributed by atoms with Crippen molar-refractivity contribution in [3.63, 3.8) is 0 Å². The zero-order valence-electron chi connectivity index (χ0n) is 10.7. The molecule has 96 valence electrons. The minimum absolute atomic E-state index is 0.268. The lowest BCUT2D eigenvalue weighted by molar-refractivity contribution is 0.104. The average molecular weight is 238 g/mol. The summed E-state index contributed by atoms with van der Waals surface area (Å²) in [7, 11) is 0. The molecule has 0 bridgehead atoms. The molecule has 0 spiro atoms. The van der Waals surface area contributed by atoms with Crippen LogP contribution in [-0.4, -0.2) is 30.4 Å². The van der Waals surface area contributed by atoms with E-state index in [2.05, 4.69) is 5.32 Å². The molecular formula is C13H22N2O2. The lowest BCUT2D eigenvalue weighted by Gasteiger charge is -2.16. The summed E-state index contributed by atoms with van der Waals surface area (Å²) in [6.07, 6.45) is -0.516. The fraction of sp³-hybridized carbons (Fsp3) is 0.538. The standard InChI is InChI=1S/C13H22N2O2/c1-9(2)15-7-12(16)8-17-13-6-11(14)5-4-10(13)3/h4-6,9,12,15-16H,7-8,14H2,1-3H3. The van der Waals surface area contributed by atoms with Crippen LogP contribution < -0.4 is 15.8 Å². The highest BCUT2D eigenvalue weighted by Crippen LogP contribution is 2.20. The number of hydrogen-bond donors (Lipinski definition) is 3. The molecule has 1 unspecified atom stereocenters. The van der Waals surface area contributed by atoms with Crippen LogP contribution in [0.25, 0.3) is 0 Å². The van der Waals surface area contributed by atoms with Gasteiger partial charge in [-0.15, -0.1) is 0 Å². The quantitative estimate of drug-likeness (QED) is 0.654. The number of aliphatic hydroxyl groups excluding tert-OH is 1. The molecule has 0 aliphatic rings. The van der Waals surface area contributed by atoms with E-state index in [1.54, 1.807) is 6.07 Å².